The number of aliphatic carboxylic acids is 1. The van der Waals surface area contributed by atoms with E-state index >= 15 is 0 Å². The second kappa shape index (κ2) is 6.11. The molecular formula is C14H19NO5. The fraction of sp³-hybridized carbons (Fsp3) is 0.500. The van der Waals surface area contributed by atoms with Gasteiger partial charge in [-0.2, -0.15) is 0 Å². The van der Waals surface area contributed by atoms with Crippen molar-refractivity contribution < 1.29 is 24.1 Å². The molecule has 2 rings (SSSR count). The molecule has 2 N–H and O–H groups in total. The van der Waals surface area contributed by atoms with Crippen LogP contribution in [-0.4, -0.2) is 44.0 Å². The smallest absolute Gasteiger partial charge is 0.323 e. The number of morpholine rings is 1. The van der Waals surface area contributed by atoms with Crippen LogP contribution in [0.25, 0.3) is 0 Å². The third-order valence-corrected chi connectivity index (χ3v) is 3.42. The van der Waals surface area contributed by atoms with Gasteiger partial charge in [0.15, 0.2) is 11.5 Å². The van der Waals surface area contributed by atoms with Crippen LogP contribution in [0.5, 0.6) is 11.5 Å². The van der Waals surface area contributed by atoms with E-state index in [2.05, 4.69) is 5.32 Å². The zero-order valence-corrected chi connectivity index (χ0v) is 11.8. The Kier molecular flexibility index (Phi) is 4.46. The summed E-state index contributed by atoms with van der Waals surface area (Å²) >= 11 is 0. The summed E-state index contributed by atoms with van der Waals surface area (Å²) in [5.41, 5.74) is 0.922. The van der Waals surface area contributed by atoms with Crippen LogP contribution in [0.2, 0.25) is 0 Å². The normalized spacial score (nSPS) is 26.1. The average molecular weight is 281 g/mol. The lowest BCUT2D eigenvalue weighted by Gasteiger charge is -2.33. The first-order chi connectivity index (χ1) is 9.56. The highest BCUT2D eigenvalue weighted by Crippen LogP contribution is 2.32. The molecule has 6 heteroatoms. The van der Waals surface area contributed by atoms with Crippen LogP contribution in [0.3, 0.4) is 0 Å². The summed E-state index contributed by atoms with van der Waals surface area (Å²) in [5, 5.41) is 12.0. The number of benzene rings is 1. The quantitative estimate of drug-likeness (QED) is 0.863. The number of carboxylic acid groups (broad SMARTS) is 1. The molecule has 1 aromatic rings. The molecule has 1 aliphatic heterocycles. The molecule has 0 spiro atoms. The lowest BCUT2D eigenvalue weighted by molar-refractivity contribution is -0.149. The van der Waals surface area contributed by atoms with Crippen molar-refractivity contribution in [2.24, 2.45) is 0 Å². The Morgan fingerprint density at radius 3 is 2.60 bits per heavy atom. The highest BCUT2D eigenvalue weighted by atomic mass is 16.5. The van der Waals surface area contributed by atoms with Crippen LogP contribution < -0.4 is 14.8 Å². The maximum absolute atomic E-state index is 11.0. The van der Waals surface area contributed by atoms with Crippen molar-refractivity contribution in [3.63, 3.8) is 0 Å². The molecule has 3 unspecified atom stereocenters. The topological polar surface area (TPSA) is 77.0 Å². The predicted octanol–water partition coefficient (Wildman–Crippen LogP) is 1.21. The van der Waals surface area contributed by atoms with Gasteiger partial charge in [-0.1, -0.05) is 6.07 Å². The molecule has 3 atom stereocenters. The Labute approximate surface area is 117 Å². The fourth-order valence-corrected chi connectivity index (χ4v) is 2.32. The molecule has 1 fully saturated rings. The number of hydrogen-bond donors (Lipinski definition) is 2. The first kappa shape index (κ1) is 14.6. The number of hydrogen-bond acceptors (Lipinski definition) is 5. The summed E-state index contributed by atoms with van der Waals surface area (Å²) in [4.78, 5) is 11.0. The van der Waals surface area contributed by atoms with Crippen LogP contribution in [0.15, 0.2) is 18.2 Å². The molecule has 1 aromatic carbocycles. The standard InChI is InChI=1S/C14H19NO5/c1-8-13(14(16)17)15-7-12(20-8)9-4-5-10(18-2)11(6-9)19-3/h4-6,8,12-13,15H,7H2,1-3H3,(H,16,17). The average Bonchev–Trinajstić information content (AvgIpc) is 2.45. The largest absolute Gasteiger partial charge is 0.493 e. The third-order valence-electron chi connectivity index (χ3n) is 3.42. The summed E-state index contributed by atoms with van der Waals surface area (Å²) in [7, 11) is 3.15. The van der Waals surface area contributed by atoms with Gasteiger partial charge in [-0.15, -0.1) is 0 Å². The van der Waals surface area contributed by atoms with Crippen LogP contribution >= 0.6 is 0 Å². The van der Waals surface area contributed by atoms with Gasteiger partial charge in [-0.25, -0.2) is 0 Å². The fourth-order valence-electron chi connectivity index (χ4n) is 2.32. The third kappa shape index (κ3) is 2.86. The van der Waals surface area contributed by atoms with E-state index in [9.17, 15) is 4.79 Å². The molecule has 0 amide bonds. The molecule has 110 valence electrons. The zero-order valence-electron chi connectivity index (χ0n) is 11.8. The van der Waals surface area contributed by atoms with Crippen LogP contribution in [0.1, 0.15) is 18.6 Å². The van der Waals surface area contributed by atoms with Crippen molar-refractivity contribution >= 4 is 5.97 Å². The van der Waals surface area contributed by atoms with Crippen molar-refractivity contribution in [2.75, 3.05) is 20.8 Å². The minimum Gasteiger partial charge on any atom is -0.493 e. The maximum Gasteiger partial charge on any atom is 0.323 e. The number of methoxy groups -OCH3 is 2. The number of carboxylic acids is 1. The van der Waals surface area contributed by atoms with Gasteiger partial charge in [0.2, 0.25) is 0 Å². The van der Waals surface area contributed by atoms with Crippen molar-refractivity contribution in [1.29, 1.82) is 0 Å². The van der Waals surface area contributed by atoms with Gasteiger partial charge in [0.1, 0.15) is 6.04 Å². The van der Waals surface area contributed by atoms with E-state index in [-0.39, 0.29) is 6.10 Å². The second-order valence-electron chi connectivity index (χ2n) is 4.67. The molecule has 0 aliphatic carbocycles. The first-order valence-electron chi connectivity index (χ1n) is 6.40. The van der Waals surface area contributed by atoms with Crippen molar-refractivity contribution in [1.82, 2.24) is 5.32 Å². The van der Waals surface area contributed by atoms with Crippen LogP contribution in [-0.2, 0) is 9.53 Å². The van der Waals surface area contributed by atoms with Gasteiger partial charge in [-0.3, -0.25) is 10.1 Å². The number of rotatable bonds is 4. The maximum atomic E-state index is 11.0. The second-order valence-corrected chi connectivity index (χ2v) is 4.67. The minimum absolute atomic E-state index is 0.208. The lowest BCUT2D eigenvalue weighted by Crippen LogP contribution is -2.52. The summed E-state index contributed by atoms with van der Waals surface area (Å²) in [6, 6.07) is 4.87. The number of ether oxygens (including phenoxy) is 3. The Balaban J connectivity index is 2.15. The molecule has 1 saturated heterocycles. The minimum atomic E-state index is -0.900. The first-order valence-corrected chi connectivity index (χ1v) is 6.40. The Morgan fingerprint density at radius 2 is 2.05 bits per heavy atom. The number of nitrogens with one attached hydrogen (secondary N) is 1. The monoisotopic (exact) mass is 281 g/mol. The van der Waals surface area contributed by atoms with E-state index in [1.54, 1.807) is 21.1 Å². The van der Waals surface area contributed by atoms with E-state index in [4.69, 9.17) is 19.3 Å². The highest BCUT2D eigenvalue weighted by Gasteiger charge is 2.33. The summed E-state index contributed by atoms with van der Waals surface area (Å²) in [6.07, 6.45) is -0.611. The molecule has 0 bridgehead atoms. The lowest BCUT2D eigenvalue weighted by atomic mass is 10.0. The van der Waals surface area contributed by atoms with E-state index in [0.717, 1.165) is 5.56 Å². The molecule has 1 aliphatic rings. The Hall–Kier alpha value is -1.79. The van der Waals surface area contributed by atoms with Gasteiger partial charge < -0.3 is 19.3 Å². The molecule has 0 saturated carbocycles. The summed E-state index contributed by atoms with van der Waals surface area (Å²) < 4.78 is 16.2. The Bertz CT molecular complexity index is 490. The predicted molar refractivity (Wildman–Crippen MR) is 72.3 cm³/mol. The SMILES string of the molecule is COc1ccc(C2CNC(C(=O)O)C(C)O2)cc1OC. The van der Waals surface area contributed by atoms with Gasteiger partial charge >= 0.3 is 5.97 Å². The van der Waals surface area contributed by atoms with Crippen molar-refractivity contribution in [2.45, 2.75) is 25.2 Å². The van der Waals surface area contributed by atoms with E-state index in [0.29, 0.717) is 18.0 Å². The van der Waals surface area contributed by atoms with Crippen molar-refractivity contribution in [3.05, 3.63) is 23.8 Å². The molecule has 0 aromatic heterocycles. The number of carbonyl (C=O) groups is 1. The molecule has 1 heterocycles. The molecular weight excluding hydrogens is 262 g/mol. The van der Waals surface area contributed by atoms with Crippen LogP contribution in [0, 0.1) is 0 Å². The van der Waals surface area contributed by atoms with Gasteiger partial charge in [0, 0.05) is 6.54 Å². The van der Waals surface area contributed by atoms with E-state index in [1.807, 2.05) is 18.2 Å². The van der Waals surface area contributed by atoms with Crippen molar-refractivity contribution in [3.8, 4) is 11.5 Å². The molecule has 6 nitrogen and oxygen atoms in total. The Morgan fingerprint density at radius 1 is 1.35 bits per heavy atom. The van der Waals surface area contributed by atoms with Gasteiger partial charge in [-0.05, 0) is 24.6 Å². The van der Waals surface area contributed by atoms with Gasteiger partial charge in [0.05, 0.1) is 26.4 Å². The summed E-state index contributed by atoms with van der Waals surface area (Å²) in [5.74, 6) is 0.376. The molecule has 20 heavy (non-hydrogen) atoms. The van der Waals surface area contributed by atoms with Gasteiger partial charge in [0.25, 0.3) is 0 Å². The van der Waals surface area contributed by atoms with E-state index in [1.165, 1.54) is 0 Å². The zero-order chi connectivity index (χ0) is 14.7. The molecule has 0 radical (unpaired) electrons. The summed E-state index contributed by atoms with van der Waals surface area (Å²) in [6.45, 7) is 2.19. The highest BCUT2D eigenvalue weighted by molar-refractivity contribution is 5.74. The van der Waals surface area contributed by atoms with E-state index < -0.39 is 18.1 Å². The van der Waals surface area contributed by atoms with Crippen LogP contribution in [0.4, 0.5) is 0 Å².